The Morgan fingerprint density at radius 1 is 0.786 bits per heavy atom. The van der Waals surface area contributed by atoms with Gasteiger partial charge in [0.15, 0.2) is 29.1 Å². The molecule has 0 aliphatic rings. The fourth-order valence-electron chi connectivity index (χ4n) is 2.65. The number of hydrogen-bond donors (Lipinski definition) is 0. The average molecular weight is 406 g/mol. The molecule has 0 spiro atoms. The zero-order chi connectivity index (χ0) is 21.1. The van der Waals surface area contributed by atoms with Crippen molar-refractivity contribution in [2.75, 3.05) is 0 Å². The number of hydrogen-bond acceptors (Lipinski definition) is 1. The van der Waals surface area contributed by atoms with Crippen molar-refractivity contribution < 1.29 is 31.6 Å². The highest BCUT2D eigenvalue weighted by Gasteiger charge is 2.20. The Morgan fingerprint density at radius 3 is 1.71 bits per heavy atom. The molecular formula is C20H27F5N2O. The third-order valence-corrected chi connectivity index (χ3v) is 4.26. The number of imidazole rings is 1. The zero-order valence-corrected chi connectivity index (χ0v) is 16.3. The van der Waals surface area contributed by atoms with E-state index in [0.29, 0.717) is 0 Å². The smallest absolute Gasteiger partial charge is 0.243 e. The summed E-state index contributed by atoms with van der Waals surface area (Å²) in [5.74, 6) is -13.6. The minimum Gasteiger partial charge on any atom is -0.868 e. The number of rotatable bonds is 9. The van der Waals surface area contributed by atoms with Crippen LogP contribution >= 0.6 is 0 Å². The van der Waals surface area contributed by atoms with Crippen LogP contribution in [0.1, 0.15) is 58.3 Å². The summed E-state index contributed by atoms with van der Waals surface area (Å²) in [5, 5.41) is 10.2. The predicted octanol–water partition coefficient (Wildman–Crippen LogP) is 4.91. The molecule has 1 heterocycles. The van der Waals surface area contributed by atoms with Crippen molar-refractivity contribution >= 4 is 0 Å². The summed E-state index contributed by atoms with van der Waals surface area (Å²) in [6, 6.07) is 0. The van der Waals surface area contributed by atoms with Crippen molar-refractivity contribution in [3.8, 4) is 5.75 Å². The lowest BCUT2D eigenvalue weighted by atomic mass is 10.1. The number of benzene rings is 1. The molecule has 2 rings (SSSR count). The fourth-order valence-corrected chi connectivity index (χ4v) is 2.65. The van der Waals surface area contributed by atoms with E-state index in [0.717, 1.165) is 0 Å². The van der Waals surface area contributed by atoms with E-state index in [1.165, 1.54) is 57.9 Å². The summed E-state index contributed by atoms with van der Waals surface area (Å²) in [6.07, 6.45) is 17.6. The lowest BCUT2D eigenvalue weighted by molar-refractivity contribution is -0.671. The van der Waals surface area contributed by atoms with Gasteiger partial charge in [0.2, 0.25) is 6.33 Å². The molecule has 8 heteroatoms. The van der Waals surface area contributed by atoms with Gasteiger partial charge in [-0.2, -0.15) is 0 Å². The van der Waals surface area contributed by atoms with E-state index in [2.05, 4.69) is 41.8 Å². The van der Waals surface area contributed by atoms with Crippen LogP contribution in [-0.4, -0.2) is 4.57 Å². The molecule has 0 aliphatic heterocycles. The van der Waals surface area contributed by atoms with Crippen molar-refractivity contribution in [3.05, 3.63) is 47.8 Å². The van der Waals surface area contributed by atoms with Crippen LogP contribution in [-0.2, 0) is 13.6 Å². The molecule has 0 saturated carbocycles. The Balaban J connectivity index is 0.000000292. The molecule has 0 radical (unpaired) electrons. The Hall–Kier alpha value is -2.12. The van der Waals surface area contributed by atoms with E-state index in [-0.39, 0.29) is 0 Å². The number of aryl methyl sites for hydroxylation is 2. The Morgan fingerprint density at radius 2 is 1.25 bits per heavy atom. The average Bonchev–Trinajstić information content (AvgIpc) is 3.11. The first-order chi connectivity index (χ1) is 13.3. The van der Waals surface area contributed by atoms with E-state index < -0.39 is 34.8 Å². The standard InChI is InChI=1S/C14H27N2.C6HF5O/c1-3-4-5-6-7-8-9-10-11-16-13-12-15(2)14-16;7-1-2(8)4(10)6(12)5(11)3(1)9/h12-14H,3-11H2,1-2H3;12H/q+1;/p-1. The van der Waals surface area contributed by atoms with Crippen molar-refractivity contribution in [1.29, 1.82) is 0 Å². The summed E-state index contributed by atoms with van der Waals surface area (Å²) in [5.41, 5.74) is 0. The maximum Gasteiger partial charge on any atom is 0.243 e. The van der Waals surface area contributed by atoms with Gasteiger partial charge in [-0.15, -0.1) is 0 Å². The molecule has 28 heavy (non-hydrogen) atoms. The zero-order valence-electron chi connectivity index (χ0n) is 16.3. The van der Waals surface area contributed by atoms with Gasteiger partial charge in [0.05, 0.1) is 13.6 Å². The van der Waals surface area contributed by atoms with Crippen LogP contribution in [0.2, 0.25) is 0 Å². The van der Waals surface area contributed by atoms with Crippen LogP contribution < -0.4 is 9.67 Å². The van der Waals surface area contributed by atoms with Crippen LogP contribution in [0.4, 0.5) is 22.0 Å². The molecule has 0 amide bonds. The SMILES string of the molecule is CCCCCCCCCCn1cc[n+](C)c1.[O-]c1c(F)c(F)c(F)c(F)c1F. The minimum absolute atomic E-state index is 1.18. The van der Waals surface area contributed by atoms with Crippen LogP contribution in [0.15, 0.2) is 18.7 Å². The fraction of sp³-hybridized carbons (Fsp3) is 0.550. The molecule has 0 N–H and O–H groups in total. The summed E-state index contributed by atoms with van der Waals surface area (Å²) < 4.78 is 64.8. The number of halogens is 5. The quantitative estimate of drug-likeness (QED) is 0.191. The van der Waals surface area contributed by atoms with E-state index in [1.807, 2.05) is 0 Å². The van der Waals surface area contributed by atoms with Crippen LogP contribution in [0.5, 0.6) is 5.75 Å². The second kappa shape index (κ2) is 12.4. The molecule has 0 bridgehead atoms. The van der Waals surface area contributed by atoms with Crippen molar-refractivity contribution in [2.45, 2.75) is 64.8 Å². The molecule has 0 atom stereocenters. The maximum atomic E-state index is 12.1. The monoisotopic (exact) mass is 406 g/mol. The molecule has 0 saturated heterocycles. The van der Waals surface area contributed by atoms with Gasteiger partial charge in [0.1, 0.15) is 12.4 Å². The highest BCUT2D eigenvalue weighted by atomic mass is 19.2. The molecule has 2 aromatic rings. The topological polar surface area (TPSA) is 31.9 Å². The molecule has 1 aromatic carbocycles. The molecule has 3 nitrogen and oxygen atoms in total. The Labute approximate surface area is 162 Å². The number of aromatic nitrogens is 2. The van der Waals surface area contributed by atoms with Gasteiger partial charge in [0, 0.05) is 0 Å². The normalized spacial score (nSPS) is 10.7. The number of nitrogens with zero attached hydrogens (tertiary/aromatic N) is 2. The van der Waals surface area contributed by atoms with Gasteiger partial charge in [-0.05, 0) is 18.6 Å². The lowest BCUT2D eigenvalue weighted by Gasteiger charge is -2.09. The Bertz CT molecular complexity index is 629. The summed E-state index contributed by atoms with van der Waals surface area (Å²) in [7, 11) is 2.07. The van der Waals surface area contributed by atoms with Crippen molar-refractivity contribution in [3.63, 3.8) is 0 Å². The summed E-state index contributed by atoms with van der Waals surface area (Å²) in [6.45, 7) is 3.45. The third kappa shape index (κ3) is 7.48. The molecule has 158 valence electrons. The molecule has 0 fully saturated rings. The largest absolute Gasteiger partial charge is 0.868 e. The molecule has 0 aliphatic carbocycles. The highest BCUT2D eigenvalue weighted by Crippen LogP contribution is 2.25. The minimum atomic E-state index is -2.33. The summed E-state index contributed by atoms with van der Waals surface area (Å²) in [4.78, 5) is 0. The van der Waals surface area contributed by atoms with Gasteiger partial charge in [-0.3, -0.25) is 0 Å². The van der Waals surface area contributed by atoms with Gasteiger partial charge >= 0.3 is 0 Å². The first kappa shape index (κ1) is 23.9. The van der Waals surface area contributed by atoms with Crippen LogP contribution in [0.3, 0.4) is 0 Å². The predicted molar refractivity (Wildman–Crippen MR) is 93.9 cm³/mol. The maximum absolute atomic E-state index is 12.1. The molecular weight excluding hydrogens is 379 g/mol. The van der Waals surface area contributed by atoms with E-state index in [1.54, 1.807) is 0 Å². The molecule has 1 aromatic heterocycles. The van der Waals surface area contributed by atoms with Gasteiger partial charge in [0.25, 0.3) is 0 Å². The Kier molecular flexibility index (Phi) is 10.6. The van der Waals surface area contributed by atoms with Crippen molar-refractivity contribution in [2.24, 2.45) is 7.05 Å². The molecule has 0 unspecified atom stereocenters. The van der Waals surface area contributed by atoms with Crippen LogP contribution in [0, 0.1) is 29.1 Å². The second-order valence-corrected chi connectivity index (χ2v) is 6.69. The van der Waals surface area contributed by atoms with Gasteiger partial charge in [-0.25, -0.2) is 31.1 Å². The van der Waals surface area contributed by atoms with E-state index >= 15 is 0 Å². The number of unbranched alkanes of at least 4 members (excludes halogenated alkanes) is 7. The van der Waals surface area contributed by atoms with E-state index in [4.69, 9.17) is 0 Å². The van der Waals surface area contributed by atoms with Gasteiger partial charge in [-0.1, -0.05) is 45.4 Å². The first-order valence-corrected chi connectivity index (χ1v) is 9.49. The second-order valence-electron chi connectivity index (χ2n) is 6.69. The lowest BCUT2D eigenvalue weighted by Crippen LogP contribution is -2.23. The summed E-state index contributed by atoms with van der Waals surface area (Å²) >= 11 is 0. The first-order valence-electron chi connectivity index (χ1n) is 9.49. The van der Waals surface area contributed by atoms with Crippen LogP contribution in [0.25, 0.3) is 0 Å². The van der Waals surface area contributed by atoms with Gasteiger partial charge < -0.3 is 5.11 Å². The van der Waals surface area contributed by atoms with Crippen molar-refractivity contribution in [1.82, 2.24) is 4.57 Å². The third-order valence-electron chi connectivity index (χ3n) is 4.26. The highest BCUT2D eigenvalue weighted by molar-refractivity contribution is 5.26. The van der Waals surface area contributed by atoms with E-state index in [9.17, 15) is 27.1 Å².